The van der Waals surface area contributed by atoms with Gasteiger partial charge in [-0.3, -0.25) is 9.79 Å². The lowest BCUT2D eigenvalue weighted by Crippen LogP contribution is -2.54. The van der Waals surface area contributed by atoms with Crippen molar-refractivity contribution in [1.82, 2.24) is 15.1 Å². The van der Waals surface area contributed by atoms with Crippen molar-refractivity contribution in [2.75, 3.05) is 59.6 Å². The number of ether oxygens (including phenoxy) is 2. The average molecular weight is 506 g/mol. The second-order valence-electron chi connectivity index (χ2n) is 6.93. The Hall–Kier alpha value is -1.33. The molecule has 28 heavy (non-hydrogen) atoms. The first-order valence-electron chi connectivity index (χ1n) is 9.66. The van der Waals surface area contributed by atoms with Crippen LogP contribution in [0.25, 0.3) is 0 Å². The van der Waals surface area contributed by atoms with Gasteiger partial charge in [-0.2, -0.15) is 0 Å². The van der Waals surface area contributed by atoms with Crippen molar-refractivity contribution >= 4 is 35.8 Å². The van der Waals surface area contributed by atoms with Crippen molar-refractivity contribution in [3.05, 3.63) is 24.2 Å². The van der Waals surface area contributed by atoms with E-state index in [-0.39, 0.29) is 35.5 Å². The van der Waals surface area contributed by atoms with Crippen LogP contribution in [0.3, 0.4) is 0 Å². The third kappa shape index (κ3) is 5.60. The van der Waals surface area contributed by atoms with E-state index < -0.39 is 0 Å². The minimum atomic E-state index is -0.240. The second-order valence-corrected chi connectivity index (χ2v) is 6.93. The summed E-state index contributed by atoms with van der Waals surface area (Å²) in [4.78, 5) is 21.3. The van der Waals surface area contributed by atoms with Crippen LogP contribution < -0.4 is 5.32 Å². The topological polar surface area (TPSA) is 79.5 Å². The highest BCUT2D eigenvalue weighted by Crippen LogP contribution is 2.25. The fourth-order valence-corrected chi connectivity index (χ4v) is 3.49. The molecule has 1 N–H and O–H groups in total. The molecule has 2 aliphatic rings. The van der Waals surface area contributed by atoms with E-state index in [2.05, 4.69) is 17.1 Å². The van der Waals surface area contributed by atoms with Gasteiger partial charge >= 0.3 is 0 Å². The molecule has 2 fully saturated rings. The highest BCUT2D eigenvalue weighted by molar-refractivity contribution is 14.0. The smallest absolute Gasteiger partial charge is 0.289 e. The predicted molar refractivity (Wildman–Crippen MR) is 117 cm³/mol. The molecule has 1 aromatic rings. The molecule has 0 bridgehead atoms. The van der Waals surface area contributed by atoms with E-state index in [1.807, 2.05) is 4.90 Å². The van der Waals surface area contributed by atoms with Crippen molar-refractivity contribution in [3.63, 3.8) is 0 Å². The Bertz CT molecular complexity index is 624. The molecule has 1 amide bonds. The van der Waals surface area contributed by atoms with E-state index in [0.29, 0.717) is 38.6 Å². The Balaban J connectivity index is 0.00000280. The van der Waals surface area contributed by atoms with Gasteiger partial charge in [0.05, 0.1) is 18.4 Å². The highest BCUT2D eigenvalue weighted by atomic mass is 127. The summed E-state index contributed by atoms with van der Waals surface area (Å²) in [5.74, 6) is 1.22. The number of nitrogens with one attached hydrogen (secondary N) is 1. The fourth-order valence-electron chi connectivity index (χ4n) is 3.49. The van der Waals surface area contributed by atoms with Gasteiger partial charge in [0.15, 0.2) is 11.7 Å². The Kier molecular flexibility index (Phi) is 9.03. The standard InChI is InChI=1S/C19H30N4O4.HI/c1-3-20-18(21-15-19(25-2)6-13-26-14-7-19)23-10-8-22(9-11-23)17(24)16-5-4-12-27-16;/h4-5,12H,3,6-11,13-15H2,1-2H3,(H,20,21);1H. The molecule has 3 rings (SSSR count). The summed E-state index contributed by atoms with van der Waals surface area (Å²) in [5, 5.41) is 3.37. The molecular formula is C19H31IN4O4. The lowest BCUT2D eigenvalue weighted by atomic mass is 9.94. The zero-order valence-electron chi connectivity index (χ0n) is 16.7. The normalized spacial score (nSPS) is 19.9. The molecule has 0 aromatic carbocycles. The number of piperazine rings is 1. The third-order valence-corrected chi connectivity index (χ3v) is 5.29. The van der Waals surface area contributed by atoms with E-state index >= 15 is 0 Å². The van der Waals surface area contributed by atoms with Gasteiger partial charge < -0.3 is 29.0 Å². The molecule has 2 saturated heterocycles. The largest absolute Gasteiger partial charge is 0.459 e. The fraction of sp³-hybridized carbons (Fsp3) is 0.684. The van der Waals surface area contributed by atoms with Crippen LogP contribution >= 0.6 is 24.0 Å². The van der Waals surface area contributed by atoms with Gasteiger partial charge in [-0.05, 0) is 19.1 Å². The molecule has 0 saturated carbocycles. The van der Waals surface area contributed by atoms with Crippen LogP contribution in [0, 0.1) is 0 Å². The van der Waals surface area contributed by atoms with Gasteiger partial charge in [0.25, 0.3) is 5.91 Å². The molecule has 2 aliphatic heterocycles. The molecule has 8 nitrogen and oxygen atoms in total. The number of aliphatic imine (C=N–C) groups is 1. The van der Waals surface area contributed by atoms with Crippen LogP contribution in [-0.2, 0) is 9.47 Å². The molecule has 0 spiro atoms. The van der Waals surface area contributed by atoms with Gasteiger partial charge in [-0.25, -0.2) is 0 Å². The molecule has 0 atom stereocenters. The summed E-state index contributed by atoms with van der Waals surface area (Å²) in [7, 11) is 1.76. The van der Waals surface area contributed by atoms with Gasteiger partial charge in [-0.1, -0.05) is 0 Å². The lowest BCUT2D eigenvalue weighted by Gasteiger charge is -2.38. The lowest BCUT2D eigenvalue weighted by molar-refractivity contribution is -0.0829. The van der Waals surface area contributed by atoms with E-state index in [0.717, 1.165) is 38.4 Å². The molecule has 158 valence electrons. The number of carbonyl (C=O) groups is 1. The number of rotatable bonds is 5. The minimum absolute atomic E-state index is 0. The number of amides is 1. The zero-order valence-corrected chi connectivity index (χ0v) is 19.0. The Morgan fingerprint density at radius 3 is 2.50 bits per heavy atom. The monoisotopic (exact) mass is 506 g/mol. The average Bonchev–Trinajstić information content (AvgIpc) is 3.26. The molecular weight excluding hydrogens is 475 g/mol. The number of guanidine groups is 1. The van der Waals surface area contributed by atoms with E-state index in [1.165, 1.54) is 6.26 Å². The maximum Gasteiger partial charge on any atom is 0.289 e. The maximum absolute atomic E-state index is 12.4. The van der Waals surface area contributed by atoms with Crippen molar-refractivity contribution in [2.45, 2.75) is 25.4 Å². The number of hydrogen-bond acceptors (Lipinski definition) is 5. The van der Waals surface area contributed by atoms with Crippen molar-refractivity contribution < 1.29 is 18.7 Å². The van der Waals surface area contributed by atoms with Gasteiger partial charge in [0.2, 0.25) is 0 Å². The Labute approximate surface area is 183 Å². The Morgan fingerprint density at radius 1 is 1.25 bits per heavy atom. The number of nitrogens with zero attached hydrogens (tertiary/aromatic N) is 3. The summed E-state index contributed by atoms with van der Waals surface area (Å²) in [5.41, 5.74) is -0.240. The number of methoxy groups -OCH3 is 1. The highest BCUT2D eigenvalue weighted by Gasteiger charge is 2.33. The molecule has 9 heteroatoms. The number of furan rings is 1. The summed E-state index contributed by atoms with van der Waals surface area (Å²) in [6.07, 6.45) is 3.25. The first-order valence-corrected chi connectivity index (χ1v) is 9.66. The van der Waals surface area contributed by atoms with Crippen LogP contribution in [0.5, 0.6) is 0 Å². The van der Waals surface area contributed by atoms with E-state index in [9.17, 15) is 4.79 Å². The van der Waals surface area contributed by atoms with Crippen molar-refractivity contribution in [3.8, 4) is 0 Å². The number of halogens is 1. The molecule has 3 heterocycles. The summed E-state index contributed by atoms with van der Waals surface area (Å²) >= 11 is 0. The number of hydrogen-bond donors (Lipinski definition) is 1. The summed E-state index contributed by atoms with van der Waals surface area (Å²) in [6.45, 7) is 7.67. The molecule has 1 aromatic heterocycles. The third-order valence-electron chi connectivity index (χ3n) is 5.29. The molecule has 0 radical (unpaired) electrons. The Morgan fingerprint density at radius 2 is 1.93 bits per heavy atom. The molecule has 0 aliphatic carbocycles. The first-order chi connectivity index (χ1) is 13.2. The summed E-state index contributed by atoms with van der Waals surface area (Å²) in [6, 6.07) is 3.44. The van der Waals surface area contributed by atoms with Crippen molar-refractivity contribution in [1.29, 1.82) is 0 Å². The van der Waals surface area contributed by atoms with E-state index in [4.69, 9.17) is 18.9 Å². The van der Waals surface area contributed by atoms with E-state index in [1.54, 1.807) is 19.2 Å². The van der Waals surface area contributed by atoms with Crippen LogP contribution in [0.4, 0.5) is 0 Å². The van der Waals surface area contributed by atoms with Crippen LogP contribution in [0.15, 0.2) is 27.8 Å². The maximum atomic E-state index is 12.4. The predicted octanol–water partition coefficient (Wildman–Crippen LogP) is 1.82. The second kappa shape index (κ2) is 11.0. The summed E-state index contributed by atoms with van der Waals surface area (Å²) < 4.78 is 16.5. The van der Waals surface area contributed by atoms with Gasteiger partial charge in [0, 0.05) is 65.9 Å². The van der Waals surface area contributed by atoms with Crippen LogP contribution in [0.2, 0.25) is 0 Å². The minimum Gasteiger partial charge on any atom is -0.459 e. The van der Waals surface area contributed by atoms with Crippen LogP contribution in [-0.4, -0.2) is 86.9 Å². The molecule has 0 unspecified atom stereocenters. The SMILES string of the molecule is CCNC(=NCC1(OC)CCOCC1)N1CCN(C(=O)c2ccco2)CC1.I. The van der Waals surface area contributed by atoms with Gasteiger partial charge in [0.1, 0.15) is 0 Å². The van der Waals surface area contributed by atoms with Crippen LogP contribution in [0.1, 0.15) is 30.3 Å². The van der Waals surface area contributed by atoms with Gasteiger partial charge in [-0.15, -0.1) is 24.0 Å². The quantitative estimate of drug-likeness (QED) is 0.373. The first kappa shape index (κ1) is 23.0. The number of carbonyl (C=O) groups excluding carboxylic acids is 1. The van der Waals surface area contributed by atoms with Crippen molar-refractivity contribution in [2.24, 2.45) is 4.99 Å². The zero-order chi connectivity index (χ0) is 19.1.